The third-order valence-corrected chi connectivity index (χ3v) is 1.19. The molecule has 0 aliphatic carbocycles. The molecule has 0 bridgehead atoms. The molecule has 0 saturated heterocycles. The van der Waals surface area contributed by atoms with Crippen molar-refractivity contribution < 1.29 is 0 Å². The molecule has 0 atom stereocenters. The smallest absolute Gasteiger partial charge is 0.0834 e. The van der Waals surface area contributed by atoms with Crippen molar-refractivity contribution in [3.8, 4) is 0 Å². The van der Waals surface area contributed by atoms with Gasteiger partial charge in [0.05, 0.1) is 5.69 Å². The van der Waals surface area contributed by atoms with Crippen molar-refractivity contribution >= 4 is 6.21 Å². The van der Waals surface area contributed by atoms with Gasteiger partial charge < -0.3 is 5.41 Å². The van der Waals surface area contributed by atoms with Gasteiger partial charge in [0.2, 0.25) is 0 Å². The van der Waals surface area contributed by atoms with Crippen LogP contribution in [-0.4, -0.2) is 11.2 Å². The summed E-state index contributed by atoms with van der Waals surface area (Å²) >= 11 is 0. The Hall–Kier alpha value is -1.18. The minimum Gasteiger partial charge on any atom is -0.306 e. The van der Waals surface area contributed by atoms with Crippen molar-refractivity contribution in [1.82, 2.24) is 4.98 Å². The summed E-state index contributed by atoms with van der Waals surface area (Å²) in [6.45, 7) is 1.94. The van der Waals surface area contributed by atoms with Gasteiger partial charge >= 0.3 is 0 Å². The minimum atomic E-state index is 0.748. The number of aryl methyl sites for hydroxylation is 1. The SMILES string of the molecule is Cc1cccnc1C=N. The summed E-state index contributed by atoms with van der Waals surface area (Å²) in [4.78, 5) is 3.95. The van der Waals surface area contributed by atoms with Crippen LogP contribution in [0.25, 0.3) is 0 Å². The highest BCUT2D eigenvalue weighted by molar-refractivity contribution is 5.75. The maximum absolute atomic E-state index is 6.90. The first kappa shape index (κ1) is 5.95. The van der Waals surface area contributed by atoms with Crippen LogP contribution < -0.4 is 0 Å². The molecule has 1 heterocycles. The minimum absolute atomic E-state index is 0.748. The second kappa shape index (κ2) is 2.40. The largest absolute Gasteiger partial charge is 0.306 e. The van der Waals surface area contributed by atoms with Crippen LogP contribution in [-0.2, 0) is 0 Å². The lowest BCUT2D eigenvalue weighted by Crippen LogP contribution is -1.88. The Morgan fingerprint density at radius 1 is 1.67 bits per heavy atom. The van der Waals surface area contributed by atoms with Crippen LogP contribution in [0.4, 0.5) is 0 Å². The van der Waals surface area contributed by atoms with Crippen molar-refractivity contribution in [3.63, 3.8) is 0 Å². The normalized spacial score (nSPS) is 9.00. The summed E-state index contributed by atoms with van der Waals surface area (Å²) in [6.07, 6.45) is 2.95. The number of rotatable bonds is 1. The van der Waals surface area contributed by atoms with Crippen molar-refractivity contribution in [3.05, 3.63) is 29.6 Å². The lowest BCUT2D eigenvalue weighted by molar-refractivity contribution is 1.24. The predicted octanol–water partition coefficient (Wildman–Crippen LogP) is 1.39. The zero-order chi connectivity index (χ0) is 6.69. The second-order valence-electron chi connectivity index (χ2n) is 1.85. The van der Waals surface area contributed by atoms with E-state index >= 15 is 0 Å². The van der Waals surface area contributed by atoms with Crippen LogP contribution in [0.5, 0.6) is 0 Å². The van der Waals surface area contributed by atoms with E-state index in [0.717, 1.165) is 11.3 Å². The van der Waals surface area contributed by atoms with Crippen LogP contribution >= 0.6 is 0 Å². The maximum atomic E-state index is 6.90. The highest BCUT2D eigenvalue weighted by Crippen LogP contribution is 1.97. The molecule has 1 aromatic heterocycles. The van der Waals surface area contributed by atoms with Crippen molar-refractivity contribution in [1.29, 1.82) is 5.41 Å². The third-order valence-electron chi connectivity index (χ3n) is 1.19. The maximum Gasteiger partial charge on any atom is 0.0834 e. The van der Waals surface area contributed by atoms with E-state index in [4.69, 9.17) is 5.41 Å². The van der Waals surface area contributed by atoms with Gasteiger partial charge in [0, 0.05) is 12.4 Å². The molecule has 2 nitrogen and oxygen atoms in total. The number of nitrogens with zero attached hydrogens (tertiary/aromatic N) is 1. The first-order chi connectivity index (χ1) is 4.34. The predicted molar refractivity (Wildman–Crippen MR) is 36.9 cm³/mol. The van der Waals surface area contributed by atoms with Crippen molar-refractivity contribution in [2.24, 2.45) is 0 Å². The third kappa shape index (κ3) is 1.13. The number of hydrogen-bond acceptors (Lipinski definition) is 2. The van der Waals surface area contributed by atoms with Gasteiger partial charge in [0.25, 0.3) is 0 Å². The van der Waals surface area contributed by atoms with Gasteiger partial charge in [-0.3, -0.25) is 4.98 Å². The number of aromatic nitrogens is 1. The summed E-state index contributed by atoms with van der Waals surface area (Å²) in [7, 11) is 0. The fourth-order valence-electron chi connectivity index (χ4n) is 0.649. The lowest BCUT2D eigenvalue weighted by Gasteiger charge is -1.93. The molecular formula is C7H8N2. The van der Waals surface area contributed by atoms with Gasteiger partial charge in [-0.05, 0) is 18.6 Å². The average Bonchev–Trinajstić information content (AvgIpc) is 1.89. The Morgan fingerprint density at radius 2 is 2.44 bits per heavy atom. The topological polar surface area (TPSA) is 36.7 Å². The van der Waals surface area contributed by atoms with Gasteiger partial charge in [-0.25, -0.2) is 0 Å². The monoisotopic (exact) mass is 120 g/mol. The Kier molecular flexibility index (Phi) is 1.58. The Morgan fingerprint density at radius 3 is 2.89 bits per heavy atom. The molecule has 1 N–H and O–H groups in total. The van der Waals surface area contributed by atoms with E-state index in [1.54, 1.807) is 6.20 Å². The fraction of sp³-hybridized carbons (Fsp3) is 0.143. The summed E-state index contributed by atoms with van der Waals surface area (Å²) in [5.74, 6) is 0. The summed E-state index contributed by atoms with van der Waals surface area (Å²) in [5, 5.41) is 6.90. The van der Waals surface area contributed by atoms with Gasteiger partial charge in [0.15, 0.2) is 0 Å². The fourth-order valence-corrected chi connectivity index (χ4v) is 0.649. The molecule has 0 spiro atoms. The second-order valence-corrected chi connectivity index (χ2v) is 1.85. The molecule has 1 aromatic rings. The molecular weight excluding hydrogens is 112 g/mol. The standard InChI is InChI=1S/C7H8N2/c1-6-3-2-4-9-7(6)5-8/h2-5,8H,1H3. The molecule has 46 valence electrons. The molecule has 0 radical (unpaired) electrons. The molecule has 0 unspecified atom stereocenters. The van der Waals surface area contributed by atoms with Gasteiger partial charge in [0.1, 0.15) is 0 Å². The molecule has 9 heavy (non-hydrogen) atoms. The van der Waals surface area contributed by atoms with Gasteiger partial charge in [-0.1, -0.05) is 6.07 Å². The van der Waals surface area contributed by atoms with Gasteiger partial charge in [-0.2, -0.15) is 0 Å². The average molecular weight is 120 g/mol. The van der Waals surface area contributed by atoms with E-state index in [0.29, 0.717) is 0 Å². The molecule has 0 aliphatic heterocycles. The van der Waals surface area contributed by atoms with E-state index in [1.807, 2.05) is 19.1 Å². The zero-order valence-corrected chi connectivity index (χ0v) is 5.26. The van der Waals surface area contributed by atoms with E-state index in [9.17, 15) is 0 Å². The zero-order valence-electron chi connectivity index (χ0n) is 5.26. The molecule has 0 fully saturated rings. The quantitative estimate of drug-likeness (QED) is 0.558. The van der Waals surface area contributed by atoms with Gasteiger partial charge in [-0.15, -0.1) is 0 Å². The summed E-state index contributed by atoms with van der Waals surface area (Å²) in [5.41, 5.74) is 1.80. The molecule has 0 aliphatic rings. The van der Waals surface area contributed by atoms with Crippen molar-refractivity contribution in [2.45, 2.75) is 6.92 Å². The Balaban J connectivity index is 3.15. The van der Waals surface area contributed by atoms with E-state index in [2.05, 4.69) is 4.98 Å². The van der Waals surface area contributed by atoms with E-state index < -0.39 is 0 Å². The first-order valence-corrected chi connectivity index (χ1v) is 2.76. The van der Waals surface area contributed by atoms with Crippen LogP contribution in [0, 0.1) is 12.3 Å². The number of nitrogens with one attached hydrogen (secondary N) is 1. The lowest BCUT2D eigenvalue weighted by atomic mass is 10.2. The first-order valence-electron chi connectivity index (χ1n) is 2.76. The van der Waals surface area contributed by atoms with Crippen LogP contribution in [0.15, 0.2) is 18.3 Å². The van der Waals surface area contributed by atoms with Crippen LogP contribution in [0.3, 0.4) is 0 Å². The molecule has 0 saturated carbocycles. The summed E-state index contributed by atoms with van der Waals surface area (Å²) < 4.78 is 0. The molecule has 0 amide bonds. The highest BCUT2D eigenvalue weighted by Gasteiger charge is 1.89. The van der Waals surface area contributed by atoms with E-state index in [1.165, 1.54) is 6.21 Å². The summed E-state index contributed by atoms with van der Waals surface area (Å²) in [6, 6.07) is 3.80. The molecule has 1 rings (SSSR count). The molecule has 2 heteroatoms. The number of hydrogen-bond donors (Lipinski definition) is 1. The number of pyridine rings is 1. The Labute approximate surface area is 54.1 Å². The van der Waals surface area contributed by atoms with E-state index in [-0.39, 0.29) is 0 Å². The van der Waals surface area contributed by atoms with Crippen molar-refractivity contribution in [2.75, 3.05) is 0 Å². The van der Waals surface area contributed by atoms with Crippen LogP contribution in [0.1, 0.15) is 11.3 Å². The Bertz CT molecular complexity index is 218. The van der Waals surface area contributed by atoms with Crippen LogP contribution in [0.2, 0.25) is 0 Å². The highest BCUT2D eigenvalue weighted by atomic mass is 14.7. The molecule has 0 aromatic carbocycles.